The minimum Gasteiger partial charge on any atom is -0.480 e. The fourth-order valence-corrected chi connectivity index (χ4v) is 1.94. The van der Waals surface area contributed by atoms with E-state index in [1.165, 1.54) is 6.92 Å². The second-order valence-electron chi connectivity index (χ2n) is 4.88. The highest BCUT2D eigenvalue weighted by molar-refractivity contribution is 6.42. The molecule has 0 aliphatic rings. The molecule has 1 unspecified atom stereocenters. The lowest BCUT2D eigenvalue weighted by Gasteiger charge is -2.21. The maximum Gasteiger partial charge on any atom is 0.326 e. The summed E-state index contributed by atoms with van der Waals surface area (Å²) < 4.78 is 5.43. The molecule has 116 valence electrons. The molecule has 2 atom stereocenters. The molecule has 0 spiro atoms. The van der Waals surface area contributed by atoms with E-state index in [0.717, 1.165) is 0 Å². The number of rotatable bonds is 6. The zero-order valence-corrected chi connectivity index (χ0v) is 13.4. The molecule has 0 radical (unpaired) electrons. The van der Waals surface area contributed by atoms with Crippen LogP contribution in [-0.2, 0) is 9.59 Å². The minimum atomic E-state index is -1.09. The summed E-state index contributed by atoms with van der Waals surface area (Å²) in [5.74, 6) is -1.60. The first-order valence-electron chi connectivity index (χ1n) is 6.38. The van der Waals surface area contributed by atoms with Gasteiger partial charge >= 0.3 is 5.97 Å². The Hall–Kier alpha value is -1.46. The van der Waals surface area contributed by atoms with Crippen LogP contribution in [0.2, 0.25) is 10.0 Å². The van der Waals surface area contributed by atoms with Crippen LogP contribution >= 0.6 is 23.2 Å². The topological polar surface area (TPSA) is 75.6 Å². The van der Waals surface area contributed by atoms with E-state index < -0.39 is 24.0 Å². The Balaban J connectivity index is 2.75. The molecular weight excluding hydrogens is 317 g/mol. The molecule has 1 aromatic carbocycles. The van der Waals surface area contributed by atoms with Crippen LogP contribution in [0.4, 0.5) is 0 Å². The quantitative estimate of drug-likeness (QED) is 0.839. The average molecular weight is 334 g/mol. The van der Waals surface area contributed by atoms with Crippen LogP contribution in [0.1, 0.15) is 20.8 Å². The molecule has 0 saturated carbocycles. The third kappa shape index (κ3) is 4.79. The van der Waals surface area contributed by atoms with E-state index >= 15 is 0 Å². The predicted octanol–water partition coefficient (Wildman–Crippen LogP) is 2.99. The van der Waals surface area contributed by atoms with Crippen molar-refractivity contribution in [2.24, 2.45) is 5.92 Å². The fraction of sp³-hybridized carbons (Fsp3) is 0.429. The van der Waals surface area contributed by atoms with Gasteiger partial charge in [-0.05, 0) is 25.0 Å². The molecule has 1 aromatic rings. The van der Waals surface area contributed by atoms with Crippen LogP contribution in [0.25, 0.3) is 0 Å². The van der Waals surface area contributed by atoms with Gasteiger partial charge in [0, 0.05) is 0 Å². The van der Waals surface area contributed by atoms with Crippen LogP contribution < -0.4 is 10.1 Å². The summed E-state index contributed by atoms with van der Waals surface area (Å²) in [4.78, 5) is 23.0. The molecule has 0 aliphatic heterocycles. The van der Waals surface area contributed by atoms with Gasteiger partial charge in [0.2, 0.25) is 0 Å². The van der Waals surface area contributed by atoms with Crippen LogP contribution in [0.5, 0.6) is 5.75 Å². The van der Waals surface area contributed by atoms with Gasteiger partial charge in [-0.2, -0.15) is 0 Å². The molecule has 0 bridgehead atoms. The summed E-state index contributed by atoms with van der Waals surface area (Å²) in [5.41, 5.74) is 0. The Morgan fingerprint density at radius 3 is 2.38 bits per heavy atom. The number of halogens is 2. The number of hydrogen-bond acceptors (Lipinski definition) is 3. The summed E-state index contributed by atoms with van der Waals surface area (Å²) in [6, 6.07) is 3.84. The standard InChI is InChI=1S/C14H17Cl2NO4/c1-7(2)12(14(19)20)17-13(18)8(3)21-10-6-4-5-9(15)11(10)16/h4-8,12H,1-3H3,(H,17,18)(H,19,20)/t8?,12-/m1/s1. The van der Waals surface area contributed by atoms with E-state index in [2.05, 4.69) is 5.32 Å². The summed E-state index contributed by atoms with van der Waals surface area (Å²) in [7, 11) is 0. The van der Waals surface area contributed by atoms with Crippen LogP contribution in [-0.4, -0.2) is 29.1 Å². The summed E-state index contributed by atoms with van der Waals surface area (Å²) in [6.07, 6.45) is -0.901. The van der Waals surface area contributed by atoms with Gasteiger partial charge in [0.25, 0.3) is 5.91 Å². The van der Waals surface area contributed by atoms with Gasteiger partial charge in [-0.3, -0.25) is 4.79 Å². The number of amides is 1. The molecule has 0 fully saturated rings. The van der Waals surface area contributed by atoms with Gasteiger partial charge in [0.05, 0.1) is 5.02 Å². The molecule has 0 aromatic heterocycles. The van der Waals surface area contributed by atoms with Crippen molar-refractivity contribution in [2.45, 2.75) is 32.9 Å². The number of carbonyl (C=O) groups excluding carboxylic acids is 1. The van der Waals surface area contributed by atoms with Crippen molar-refractivity contribution in [1.29, 1.82) is 0 Å². The first-order chi connectivity index (χ1) is 9.73. The first kappa shape index (κ1) is 17.6. The Morgan fingerprint density at radius 2 is 1.86 bits per heavy atom. The van der Waals surface area contributed by atoms with Crippen LogP contribution in [0.3, 0.4) is 0 Å². The van der Waals surface area contributed by atoms with Crippen LogP contribution in [0.15, 0.2) is 18.2 Å². The maximum atomic E-state index is 12.0. The lowest BCUT2D eigenvalue weighted by Crippen LogP contribution is -2.48. The van der Waals surface area contributed by atoms with Crippen molar-refractivity contribution in [1.82, 2.24) is 5.32 Å². The number of carbonyl (C=O) groups is 2. The van der Waals surface area contributed by atoms with Gasteiger partial charge in [-0.1, -0.05) is 43.1 Å². The fourth-order valence-electron chi connectivity index (χ4n) is 1.60. The van der Waals surface area contributed by atoms with Crippen molar-refractivity contribution in [3.63, 3.8) is 0 Å². The Labute approximate surface area is 133 Å². The molecule has 0 heterocycles. The highest BCUT2D eigenvalue weighted by Gasteiger charge is 2.26. The smallest absolute Gasteiger partial charge is 0.326 e. The normalized spacial score (nSPS) is 13.6. The second-order valence-corrected chi connectivity index (χ2v) is 5.67. The average Bonchev–Trinajstić information content (AvgIpc) is 2.40. The van der Waals surface area contributed by atoms with E-state index in [1.54, 1.807) is 32.0 Å². The number of benzene rings is 1. The van der Waals surface area contributed by atoms with Crippen molar-refractivity contribution >= 4 is 35.1 Å². The summed E-state index contributed by atoms with van der Waals surface area (Å²) in [6.45, 7) is 4.92. The lowest BCUT2D eigenvalue weighted by molar-refractivity contribution is -0.144. The number of carboxylic acid groups (broad SMARTS) is 1. The van der Waals surface area contributed by atoms with E-state index in [0.29, 0.717) is 5.02 Å². The van der Waals surface area contributed by atoms with Crippen molar-refractivity contribution < 1.29 is 19.4 Å². The Morgan fingerprint density at radius 1 is 1.24 bits per heavy atom. The number of ether oxygens (including phenoxy) is 1. The molecule has 1 rings (SSSR count). The summed E-state index contributed by atoms with van der Waals surface area (Å²) in [5, 5.41) is 12.0. The largest absolute Gasteiger partial charge is 0.480 e. The Kier molecular flexibility index (Phi) is 6.30. The third-order valence-electron chi connectivity index (χ3n) is 2.82. The number of carboxylic acids is 1. The number of aliphatic carboxylic acids is 1. The monoisotopic (exact) mass is 333 g/mol. The van der Waals surface area contributed by atoms with Gasteiger partial charge < -0.3 is 15.2 Å². The van der Waals surface area contributed by atoms with E-state index in [4.69, 9.17) is 33.0 Å². The molecule has 7 heteroatoms. The third-order valence-corrected chi connectivity index (χ3v) is 3.62. The molecule has 2 N–H and O–H groups in total. The molecular formula is C14H17Cl2NO4. The zero-order chi connectivity index (χ0) is 16.2. The van der Waals surface area contributed by atoms with E-state index in [9.17, 15) is 9.59 Å². The minimum absolute atomic E-state index is 0.206. The second kappa shape index (κ2) is 7.52. The van der Waals surface area contributed by atoms with Gasteiger partial charge in [0.15, 0.2) is 6.10 Å². The molecule has 1 amide bonds. The Bertz CT molecular complexity index is 534. The molecule has 5 nitrogen and oxygen atoms in total. The summed E-state index contributed by atoms with van der Waals surface area (Å²) >= 11 is 11.8. The zero-order valence-electron chi connectivity index (χ0n) is 11.9. The number of nitrogens with one attached hydrogen (secondary N) is 1. The number of hydrogen-bond donors (Lipinski definition) is 2. The highest BCUT2D eigenvalue weighted by atomic mass is 35.5. The molecule has 21 heavy (non-hydrogen) atoms. The molecule has 0 saturated heterocycles. The van der Waals surface area contributed by atoms with Crippen molar-refractivity contribution in [3.05, 3.63) is 28.2 Å². The van der Waals surface area contributed by atoms with Gasteiger partial charge in [-0.25, -0.2) is 4.79 Å². The highest BCUT2D eigenvalue weighted by Crippen LogP contribution is 2.32. The SMILES string of the molecule is CC(Oc1cccc(Cl)c1Cl)C(=O)N[C@@H](C(=O)O)C(C)C. The van der Waals surface area contributed by atoms with Crippen molar-refractivity contribution in [3.8, 4) is 5.75 Å². The predicted molar refractivity (Wildman–Crippen MR) is 81.0 cm³/mol. The van der Waals surface area contributed by atoms with Crippen molar-refractivity contribution in [2.75, 3.05) is 0 Å². The first-order valence-corrected chi connectivity index (χ1v) is 7.13. The van der Waals surface area contributed by atoms with Gasteiger partial charge in [0.1, 0.15) is 16.8 Å². The van der Waals surface area contributed by atoms with Crippen LogP contribution in [0, 0.1) is 5.92 Å². The van der Waals surface area contributed by atoms with Gasteiger partial charge in [-0.15, -0.1) is 0 Å². The van der Waals surface area contributed by atoms with E-state index in [1.807, 2.05) is 0 Å². The maximum absolute atomic E-state index is 12.0. The molecule has 0 aliphatic carbocycles. The lowest BCUT2D eigenvalue weighted by atomic mass is 10.0. The van der Waals surface area contributed by atoms with E-state index in [-0.39, 0.29) is 16.7 Å².